The number of hydrazone groups is 1. The predicted octanol–water partition coefficient (Wildman–Crippen LogP) is 3.72. The summed E-state index contributed by atoms with van der Waals surface area (Å²) in [6.07, 6.45) is 6.78. The molecule has 1 amide bonds. The molecule has 1 aliphatic heterocycles. The minimum absolute atomic E-state index is 0.101. The number of anilines is 2. The minimum Gasteiger partial charge on any atom is -0.493 e. The van der Waals surface area contributed by atoms with Crippen molar-refractivity contribution in [2.45, 2.75) is 19.1 Å². The van der Waals surface area contributed by atoms with Crippen molar-refractivity contribution in [2.75, 3.05) is 25.7 Å². The zero-order chi connectivity index (χ0) is 28.9. The summed E-state index contributed by atoms with van der Waals surface area (Å²) in [6, 6.07) is 18.5. The van der Waals surface area contributed by atoms with Crippen LogP contribution in [-0.2, 0) is 17.8 Å². The van der Waals surface area contributed by atoms with Gasteiger partial charge in [-0.05, 0) is 40.5 Å². The molecule has 0 saturated heterocycles. The molecule has 0 fully saturated rings. The molecule has 0 spiro atoms. The zero-order valence-corrected chi connectivity index (χ0v) is 22.7. The Morgan fingerprint density at radius 3 is 2.51 bits per heavy atom. The largest absolute Gasteiger partial charge is 0.493 e. The zero-order valence-electron chi connectivity index (χ0n) is 22.7. The van der Waals surface area contributed by atoms with Crippen molar-refractivity contribution in [3.05, 3.63) is 112 Å². The third kappa shape index (κ3) is 5.59. The maximum Gasteiger partial charge on any atom is 0.267 e. The number of nitrogen functional groups attached to an aromatic ring is 2. The topological polar surface area (TPSA) is 149 Å². The normalized spacial score (nSPS) is 14.2. The monoisotopic (exact) mass is 550 g/mol. The number of nitrogens with two attached hydrogens (primary N) is 2. The summed E-state index contributed by atoms with van der Waals surface area (Å²) in [5.74, 6) is 1.000. The Morgan fingerprint density at radius 1 is 1.02 bits per heavy atom. The number of carbonyl (C=O) groups excluding carboxylic acids is 1. The van der Waals surface area contributed by atoms with Crippen LogP contribution in [0.15, 0.2) is 78.0 Å². The van der Waals surface area contributed by atoms with Crippen LogP contribution in [0.1, 0.15) is 45.0 Å². The second-order valence-corrected chi connectivity index (χ2v) is 9.39. The van der Waals surface area contributed by atoms with Crippen molar-refractivity contribution >= 4 is 30.0 Å². The first kappa shape index (κ1) is 27.4. The smallest absolute Gasteiger partial charge is 0.267 e. The highest BCUT2D eigenvalue weighted by Crippen LogP contribution is 2.37. The van der Waals surface area contributed by atoms with Crippen molar-refractivity contribution < 1.29 is 19.4 Å². The average molecular weight is 551 g/mol. The van der Waals surface area contributed by atoms with E-state index in [1.54, 1.807) is 25.6 Å². The fourth-order valence-electron chi connectivity index (χ4n) is 4.94. The lowest BCUT2D eigenvalue weighted by atomic mass is 9.90. The highest BCUT2D eigenvalue weighted by atomic mass is 16.5. The molecule has 0 bridgehead atoms. The predicted molar refractivity (Wildman–Crippen MR) is 157 cm³/mol. The number of amides is 1. The third-order valence-corrected chi connectivity index (χ3v) is 6.89. The Labute approximate surface area is 237 Å². The summed E-state index contributed by atoms with van der Waals surface area (Å²) in [6.45, 7) is -0.163. The van der Waals surface area contributed by atoms with Crippen LogP contribution >= 0.6 is 0 Å². The van der Waals surface area contributed by atoms with Gasteiger partial charge in [0.1, 0.15) is 11.9 Å². The first-order chi connectivity index (χ1) is 19.9. The lowest BCUT2D eigenvalue weighted by molar-refractivity contribution is -0.127. The van der Waals surface area contributed by atoms with E-state index >= 15 is 0 Å². The molecule has 41 heavy (non-hydrogen) atoms. The van der Waals surface area contributed by atoms with E-state index in [0.717, 1.165) is 27.8 Å². The lowest BCUT2D eigenvalue weighted by Gasteiger charge is -2.32. The molecule has 5 N–H and O–H groups in total. The van der Waals surface area contributed by atoms with E-state index in [2.05, 4.69) is 15.1 Å². The molecule has 5 rings (SSSR count). The fraction of sp³-hybridized carbons (Fsp3) is 0.161. The Kier molecular flexibility index (Phi) is 7.93. The van der Waals surface area contributed by atoms with Crippen molar-refractivity contribution in [1.82, 2.24) is 15.0 Å². The van der Waals surface area contributed by atoms with E-state index < -0.39 is 6.04 Å². The molecule has 0 aliphatic carbocycles. The van der Waals surface area contributed by atoms with Crippen LogP contribution in [0.4, 0.5) is 11.8 Å². The molecule has 0 radical (unpaired) electrons. The first-order valence-corrected chi connectivity index (χ1v) is 12.9. The Morgan fingerprint density at radius 2 is 1.78 bits per heavy atom. The number of hydrogen-bond donors (Lipinski definition) is 3. The number of nitrogens with zero attached hydrogens (tertiary/aromatic N) is 4. The van der Waals surface area contributed by atoms with E-state index in [-0.39, 0.29) is 24.3 Å². The first-order valence-electron chi connectivity index (χ1n) is 12.9. The number of aliphatic hydroxyl groups excluding tert-OH is 1. The maximum absolute atomic E-state index is 13.7. The molecule has 1 aromatic heterocycles. The van der Waals surface area contributed by atoms with Crippen molar-refractivity contribution in [1.29, 1.82) is 0 Å². The Bertz CT molecular complexity index is 1650. The van der Waals surface area contributed by atoms with Crippen molar-refractivity contribution in [3.8, 4) is 11.5 Å². The molecule has 10 nitrogen and oxygen atoms in total. The summed E-state index contributed by atoms with van der Waals surface area (Å²) in [4.78, 5) is 21.8. The molecule has 2 heterocycles. The van der Waals surface area contributed by atoms with Gasteiger partial charge < -0.3 is 26.0 Å². The number of fused-ring (bicyclic) bond motifs is 1. The molecule has 1 atom stereocenters. The molecule has 208 valence electrons. The summed E-state index contributed by atoms with van der Waals surface area (Å²) in [7, 11) is 3.08. The van der Waals surface area contributed by atoms with Crippen molar-refractivity contribution in [2.24, 2.45) is 5.10 Å². The van der Waals surface area contributed by atoms with Gasteiger partial charge in [0.2, 0.25) is 5.95 Å². The quantitative estimate of drug-likeness (QED) is 0.281. The molecule has 3 aromatic carbocycles. The fourth-order valence-corrected chi connectivity index (χ4v) is 4.94. The van der Waals surface area contributed by atoms with Crippen LogP contribution in [0.5, 0.6) is 11.5 Å². The summed E-state index contributed by atoms with van der Waals surface area (Å²) >= 11 is 0. The molecule has 1 unspecified atom stereocenters. The number of methoxy groups -OCH3 is 2. The lowest BCUT2D eigenvalue weighted by Crippen LogP contribution is -2.33. The van der Waals surface area contributed by atoms with Gasteiger partial charge in [-0.2, -0.15) is 10.1 Å². The molecular formula is C31H30N6O4. The van der Waals surface area contributed by atoms with Crippen LogP contribution in [-0.4, -0.2) is 46.4 Å². The van der Waals surface area contributed by atoms with Gasteiger partial charge in [0.25, 0.3) is 5.91 Å². The number of rotatable bonds is 8. The van der Waals surface area contributed by atoms with Gasteiger partial charge in [0, 0.05) is 35.4 Å². The van der Waals surface area contributed by atoms with Crippen LogP contribution in [0.3, 0.4) is 0 Å². The number of ether oxygens (including phenoxy) is 2. The van der Waals surface area contributed by atoms with E-state index in [4.69, 9.17) is 20.9 Å². The summed E-state index contributed by atoms with van der Waals surface area (Å²) in [5.41, 5.74) is 17.2. The summed E-state index contributed by atoms with van der Waals surface area (Å²) in [5, 5.41) is 16.0. The van der Waals surface area contributed by atoms with Gasteiger partial charge in [0.05, 0.1) is 27.0 Å². The SMILES string of the molecule is COc1cc(Cc2cnc(N)nc2N)cc(/C=C/C(=O)N2N=Cc3ccccc3C2c2ccccc2CO)c1OC. The van der Waals surface area contributed by atoms with Crippen molar-refractivity contribution in [3.63, 3.8) is 0 Å². The van der Waals surface area contributed by atoms with Crippen LogP contribution < -0.4 is 20.9 Å². The highest BCUT2D eigenvalue weighted by Gasteiger charge is 2.31. The minimum atomic E-state index is -0.520. The number of hydrogen-bond acceptors (Lipinski definition) is 9. The van der Waals surface area contributed by atoms with Gasteiger partial charge in [-0.1, -0.05) is 48.5 Å². The van der Waals surface area contributed by atoms with Gasteiger partial charge in [-0.15, -0.1) is 0 Å². The second-order valence-electron chi connectivity index (χ2n) is 9.39. The van der Waals surface area contributed by atoms with E-state index in [0.29, 0.717) is 29.0 Å². The number of aliphatic hydroxyl groups is 1. The molecule has 1 aliphatic rings. The third-order valence-electron chi connectivity index (χ3n) is 6.89. The van der Waals surface area contributed by atoms with E-state index in [9.17, 15) is 9.90 Å². The van der Waals surface area contributed by atoms with E-state index in [1.807, 2.05) is 60.7 Å². The van der Waals surface area contributed by atoms with Gasteiger partial charge in [0.15, 0.2) is 11.5 Å². The van der Waals surface area contributed by atoms with Crippen LogP contribution in [0.25, 0.3) is 6.08 Å². The second kappa shape index (κ2) is 11.9. The van der Waals surface area contributed by atoms with Crippen LogP contribution in [0, 0.1) is 0 Å². The van der Waals surface area contributed by atoms with Gasteiger partial charge in [-0.25, -0.2) is 9.99 Å². The Balaban J connectivity index is 1.51. The summed E-state index contributed by atoms with van der Waals surface area (Å²) < 4.78 is 11.2. The number of aromatic nitrogens is 2. The van der Waals surface area contributed by atoms with Gasteiger partial charge in [-0.3, -0.25) is 4.79 Å². The maximum atomic E-state index is 13.7. The standard InChI is InChI=1S/C31H30N6O4/c1-40-26-15-19(14-23-16-34-31(33)36-30(23)32)13-20(29(26)41-2)11-12-27(39)37-28(25-10-6-4-8-22(25)18-38)24-9-5-3-7-21(24)17-35-37/h3-13,15-17,28,38H,14,18H2,1-2H3,(H4,32,33,34,36)/b12-11+. The van der Waals surface area contributed by atoms with Crippen LogP contribution in [0.2, 0.25) is 0 Å². The van der Waals surface area contributed by atoms with Gasteiger partial charge >= 0.3 is 0 Å². The van der Waals surface area contributed by atoms with E-state index in [1.165, 1.54) is 18.2 Å². The number of carbonyl (C=O) groups is 1. The molecule has 4 aromatic rings. The number of benzene rings is 3. The molecule has 10 heteroatoms. The average Bonchev–Trinajstić information content (AvgIpc) is 3.00. The Hall–Kier alpha value is -5.22. The molecule has 0 saturated carbocycles. The molecular weight excluding hydrogens is 520 g/mol. The highest BCUT2D eigenvalue weighted by molar-refractivity contribution is 5.95.